The molecule has 1 heterocycles. The fourth-order valence-corrected chi connectivity index (χ4v) is 5.51. The molecule has 2 aromatic carbocycles. The summed E-state index contributed by atoms with van der Waals surface area (Å²) < 4.78 is 136. The normalized spacial score (nSPS) is 19.8. The molecule has 1 saturated carbocycles. The Morgan fingerprint density at radius 1 is 0.953 bits per heavy atom. The van der Waals surface area contributed by atoms with Crippen LogP contribution in [0, 0.1) is 0 Å². The number of rotatable bonds is 6. The number of anilines is 1. The zero-order valence-electron chi connectivity index (χ0n) is 22.6. The average molecular weight is 628 g/mol. The maximum absolute atomic E-state index is 13.5. The van der Waals surface area contributed by atoms with Crippen molar-refractivity contribution < 1.29 is 63.3 Å². The summed E-state index contributed by atoms with van der Waals surface area (Å²) in [6.45, 7) is 0.489. The Labute approximate surface area is 239 Å². The van der Waals surface area contributed by atoms with Gasteiger partial charge in [-0.25, -0.2) is 9.59 Å². The Hall–Kier alpha value is -3.69. The van der Waals surface area contributed by atoms with Gasteiger partial charge in [-0.05, 0) is 55.2 Å². The Balaban J connectivity index is 1.82. The molecule has 2 unspecified atom stereocenters. The van der Waals surface area contributed by atoms with Gasteiger partial charge in [0, 0.05) is 18.9 Å². The fraction of sp³-hybridized carbons (Fsp3) is 0.481. The van der Waals surface area contributed by atoms with Crippen molar-refractivity contribution >= 4 is 17.9 Å². The van der Waals surface area contributed by atoms with Gasteiger partial charge in [-0.3, -0.25) is 14.5 Å². The lowest BCUT2D eigenvalue weighted by Crippen LogP contribution is -2.53. The molecule has 0 radical (unpaired) electrons. The van der Waals surface area contributed by atoms with Gasteiger partial charge in [-0.15, -0.1) is 13.2 Å². The first-order valence-electron chi connectivity index (χ1n) is 12.8. The Morgan fingerprint density at radius 3 is 2.02 bits per heavy atom. The summed E-state index contributed by atoms with van der Waals surface area (Å²) in [6.07, 6.45) is -20.1. The number of para-hydroxylation sites is 1. The molecular weight excluding hydrogens is 603 g/mol. The van der Waals surface area contributed by atoms with E-state index < -0.39 is 78.2 Å². The number of alkyl halides is 9. The van der Waals surface area contributed by atoms with Crippen LogP contribution in [0.2, 0.25) is 0 Å². The van der Waals surface area contributed by atoms with Gasteiger partial charge in [0.2, 0.25) is 0 Å². The van der Waals surface area contributed by atoms with Crippen LogP contribution in [0.3, 0.4) is 0 Å². The van der Waals surface area contributed by atoms with Gasteiger partial charge in [0.15, 0.2) is 6.23 Å². The number of ether oxygens (including phenoxy) is 3. The smallest absolute Gasteiger partial charge is 0.453 e. The minimum Gasteiger partial charge on any atom is -0.453 e. The van der Waals surface area contributed by atoms with Crippen LogP contribution < -0.4 is 4.90 Å². The number of carbonyl (C=O) groups is 2. The van der Waals surface area contributed by atoms with E-state index in [2.05, 4.69) is 4.74 Å². The predicted octanol–water partition coefficient (Wildman–Crippen LogP) is 7.84. The molecule has 0 aromatic heterocycles. The van der Waals surface area contributed by atoms with Crippen LogP contribution >= 0.6 is 0 Å². The van der Waals surface area contributed by atoms with Gasteiger partial charge in [0.25, 0.3) is 0 Å². The zero-order chi connectivity index (χ0) is 32.0. The molecule has 0 spiro atoms. The van der Waals surface area contributed by atoms with E-state index in [1.165, 1.54) is 31.2 Å². The van der Waals surface area contributed by atoms with Gasteiger partial charge in [-0.2, -0.15) is 26.3 Å². The molecule has 1 aliphatic heterocycles. The van der Waals surface area contributed by atoms with Crippen molar-refractivity contribution in [1.29, 1.82) is 0 Å². The number of hydrogen-bond acceptors (Lipinski definition) is 5. The molecule has 2 aromatic rings. The highest BCUT2D eigenvalue weighted by Crippen LogP contribution is 2.58. The van der Waals surface area contributed by atoms with E-state index >= 15 is 0 Å². The minimum absolute atomic E-state index is 0.0269. The number of halogens is 9. The summed E-state index contributed by atoms with van der Waals surface area (Å²) in [5, 5.41) is 0. The number of carbonyl (C=O) groups excluding carboxylic acids is 2. The molecule has 1 aliphatic carbocycles. The number of methoxy groups -OCH3 is 1. The van der Waals surface area contributed by atoms with E-state index in [-0.39, 0.29) is 31.2 Å². The van der Waals surface area contributed by atoms with Gasteiger partial charge in [0.1, 0.15) is 0 Å². The first-order chi connectivity index (χ1) is 19.9. The molecule has 0 N–H and O–H groups in total. The molecule has 0 bridgehead atoms. The molecule has 2 atom stereocenters. The van der Waals surface area contributed by atoms with Crippen molar-refractivity contribution in [2.24, 2.45) is 0 Å². The van der Waals surface area contributed by atoms with E-state index in [4.69, 9.17) is 9.47 Å². The molecule has 4 rings (SSSR count). The highest BCUT2D eigenvalue weighted by Gasteiger charge is 2.60. The van der Waals surface area contributed by atoms with Crippen molar-refractivity contribution in [3.63, 3.8) is 0 Å². The van der Waals surface area contributed by atoms with Crippen molar-refractivity contribution in [1.82, 2.24) is 4.90 Å². The lowest BCUT2D eigenvalue weighted by Gasteiger charge is -2.45. The van der Waals surface area contributed by atoms with E-state index in [9.17, 15) is 49.1 Å². The third kappa shape index (κ3) is 6.78. The third-order valence-electron chi connectivity index (χ3n) is 7.36. The minimum atomic E-state index is -5.21. The van der Waals surface area contributed by atoms with Crippen LogP contribution in [-0.2, 0) is 33.1 Å². The van der Waals surface area contributed by atoms with Crippen molar-refractivity contribution in [3.8, 4) is 0 Å². The number of benzene rings is 2. The van der Waals surface area contributed by atoms with Crippen LogP contribution in [-0.4, -0.2) is 48.9 Å². The van der Waals surface area contributed by atoms with Crippen molar-refractivity contribution in [2.45, 2.75) is 69.1 Å². The SMILES string of the molecule is CCOC(=O)N1c2ccccc2C(C2(N(Cc3cc(C(F)(F)F)cc(C(F)(F)F)c3)C(=O)OC)CC2)CC1OC(F)(F)F. The first kappa shape index (κ1) is 32.2. The monoisotopic (exact) mass is 628 g/mol. The second kappa shape index (κ2) is 11.4. The van der Waals surface area contributed by atoms with E-state index in [1.807, 2.05) is 0 Å². The highest BCUT2D eigenvalue weighted by atomic mass is 19.4. The number of hydrogen-bond donors (Lipinski definition) is 0. The van der Waals surface area contributed by atoms with Gasteiger partial charge < -0.3 is 9.47 Å². The first-order valence-corrected chi connectivity index (χ1v) is 12.8. The molecule has 2 amide bonds. The van der Waals surface area contributed by atoms with Crippen molar-refractivity contribution in [2.75, 3.05) is 18.6 Å². The molecule has 0 saturated heterocycles. The fourth-order valence-electron chi connectivity index (χ4n) is 5.51. The number of nitrogens with zero attached hydrogens (tertiary/aromatic N) is 2. The highest BCUT2D eigenvalue weighted by molar-refractivity contribution is 5.90. The number of amides is 2. The van der Waals surface area contributed by atoms with Gasteiger partial charge >= 0.3 is 30.9 Å². The second-order valence-electron chi connectivity index (χ2n) is 10.0. The Kier molecular flexibility index (Phi) is 8.57. The van der Waals surface area contributed by atoms with E-state index in [1.54, 1.807) is 0 Å². The van der Waals surface area contributed by atoms with Gasteiger partial charge in [-0.1, -0.05) is 18.2 Å². The molecular formula is C27H25F9N2O5. The summed E-state index contributed by atoms with van der Waals surface area (Å²) >= 11 is 0. The summed E-state index contributed by atoms with van der Waals surface area (Å²) in [4.78, 5) is 27.4. The van der Waals surface area contributed by atoms with Crippen LogP contribution in [0.1, 0.15) is 54.4 Å². The lowest BCUT2D eigenvalue weighted by molar-refractivity contribution is -0.343. The average Bonchev–Trinajstić information content (AvgIpc) is 3.70. The van der Waals surface area contributed by atoms with E-state index in [0.29, 0.717) is 22.6 Å². The number of fused-ring (bicyclic) bond motifs is 1. The Morgan fingerprint density at radius 2 is 1.53 bits per heavy atom. The lowest BCUT2D eigenvalue weighted by atomic mass is 9.80. The standard InChI is InChI=1S/C27H25F9N2O5/c1-3-42-23(40)38-20-7-5-4-6-18(20)19(13-21(38)43-27(34,35)36)24(8-9-24)37(22(39)41-2)14-15-10-16(25(28,29)30)12-17(11-15)26(31,32)33/h4-7,10-12,19,21H,3,8-9,13-14H2,1-2H3. The summed E-state index contributed by atoms with van der Waals surface area (Å²) in [5.41, 5.74) is -4.86. The zero-order valence-corrected chi connectivity index (χ0v) is 22.6. The summed E-state index contributed by atoms with van der Waals surface area (Å²) in [7, 11) is 0.950. The van der Waals surface area contributed by atoms with Crippen LogP contribution in [0.5, 0.6) is 0 Å². The molecule has 2 aliphatic rings. The largest absolute Gasteiger partial charge is 0.524 e. The molecule has 236 valence electrons. The third-order valence-corrected chi connectivity index (χ3v) is 7.36. The second-order valence-corrected chi connectivity index (χ2v) is 10.0. The summed E-state index contributed by atoms with van der Waals surface area (Å²) in [5.74, 6) is -1.01. The molecule has 1 fully saturated rings. The van der Waals surface area contributed by atoms with Crippen LogP contribution in [0.4, 0.5) is 54.8 Å². The van der Waals surface area contributed by atoms with Gasteiger partial charge in [0.05, 0.1) is 36.1 Å². The topological polar surface area (TPSA) is 68.3 Å². The Bertz CT molecular complexity index is 1320. The van der Waals surface area contributed by atoms with Crippen LogP contribution in [0.25, 0.3) is 0 Å². The maximum atomic E-state index is 13.5. The van der Waals surface area contributed by atoms with Crippen molar-refractivity contribution in [3.05, 3.63) is 64.7 Å². The summed E-state index contributed by atoms with van der Waals surface area (Å²) in [6, 6.07) is 6.68. The van der Waals surface area contributed by atoms with E-state index in [0.717, 1.165) is 12.0 Å². The molecule has 43 heavy (non-hydrogen) atoms. The molecule has 16 heteroatoms. The van der Waals surface area contributed by atoms with Crippen LogP contribution in [0.15, 0.2) is 42.5 Å². The predicted molar refractivity (Wildman–Crippen MR) is 131 cm³/mol. The molecule has 7 nitrogen and oxygen atoms in total. The quantitative estimate of drug-likeness (QED) is 0.305. The maximum Gasteiger partial charge on any atom is 0.524 e.